The molecule has 0 aromatic heterocycles. The first-order valence-electron chi connectivity index (χ1n) is 10.7. The van der Waals surface area contributed by atoms with Crippen molar-refractivity contribution in [2.45, 2.75) is 84.4 Å². The summed E-state index contributed by atoms with van der Waals surface area (Å²) < 4.78 is 24.3. The molecule has 1 saturated carbocycles. The van der Waals surface area contributed by atoms with Gasteiger partial charge < -0.3 is 5.32 Å². The fourth-order valence-electron chi connectivity index (χ4n) is 4.06. The third-order valence-electron chi connectivity index (χ3n) is 5.81. The Morgan fingerprint density at radius 2 is 1.64 bits per heavy atom. The SMILES string of the molecule is Cc1cc(CCC2CCC(CS(=O)(=O)C(C)C)CC2)cc(C(=O)NC(C)C)c1. The van der Waals surface area contributed by atoms with Gasteiger partial charge in [-0.2, -0.15) is 0 Å². The Morgan fingerprint density at radius 1 is 1.04 bits per heavy atom. The largest absolute Gasteiger partial charge is 0.350 e. The second kappa shape index (κ2) is 9.91. The lowest BCUT2D eigenvalue weighted by molar-refractivity contribution is 0.0943. The summed E-state index contributed by atoms with van der Waals surface area (Å²) >= 11 is 0. The molecule has 1 aliphatic rings. The van der Waals surface area contributed by atoms with Crippen molar-refractivity contribution in [2.75, 3.05) is 5.75 Å². The number of sulfone groups is 1. The van der Waals surface area contributed by atoms with Crippen LogP contribution in [0.25, 0.3) is 0 Å². The first kappa shape index (κ1) is 22.9. The van der Waals surface area contributed by atoms with Crippen molar-refractivity contribution >= 4 is 15.7 Å². The molecule has 1 aliphatic carbocycles. The van der Waals surface area contributed by atoms with Gasteiger partial charge in [-0.1, -0.05) is 24.5 Å². The summed E-state index contributed by atoms with van der Waals surface area (Å²) in [6.45, 7) is 9.53. The summed E-state index contributed by atoms with van der Waals surface area (Å²) in [5, 5.41) is 2.69. The molecule has 2 rings (SSSR count). The highest BCUT2D eigenvalue weighted by molar-refractivity contribution is 7.91. The lowest BCUT2D eigenvalue weighted by atomic mass is 9.80. The number of hydrogen-bond acceptors (Lipinski definition) is 3. The minimum Gasteiger partial charge on any atom is -0.350 e. The summed E-state index contributed by atoms with van der Waals surface area (Å²) in [5.41, 5.74) is 3.08. The van der Waals surface area contributed by atoms with E-state index in [9.17, 15) is 13.2 Å². The highest BCUT2D eigenvalue weighted by atomic mass is 32.2. The van der Waals surface area contributed by atoms with Crippen molar-refractivity contribution in [3.05, 3.63) is 34.9 Å². The van der Waals surface area contributed by atoms with Gasteiger partial charge >= 0.3 is 0 Å². The average molecular weight is 408 g/mol. The van der Waals surface area contributed by atoms with Crippen molar-refractivity contribution in [3.63, 3.8) is 0 Å². The number of aryl methyl sites for hydroxylation is 2. The van der Waals surface area contributed by atoms with Gasteiger partial charge in [0.05, 0.1) is 11.0 Å². The zero-order valence-electron chi connectivity index (χ0n) is 18.1. The predicted octanol–water partition coefficient (Wildman–Crippen LogP) is 4.70. The van der Waals surface area contributed by atoms with Crippen LogP contribution in [-0.2, 0) is 16.3 Å². The minimum atomic E-state index is -2.93. The van der Waals surface area contributed by atoms with E-state index < -0.39 is 9.84 Å². The Morgan fingerprint density at radius 3 is 2.21 bits per heavy atom. The molecular weight excluding hydrogens is 370 g/mol. The minimum absolute atomic E-state index is 0.00757. The van der Waals surface area contributed by atoms with Crippen molar-refractivity contribution in [3.8, 4) is 0 Å². The first-order chi connectivity index (χ1) is 13.1. The molecule has 1 aromatic rings. The number of rotatable bonds is 8. The third kappa shape index (κ3) is 6.91. The third-order valence-corrected chi connectivity index (χ3v) is 8.19. The summed E-state index contributed by atoms with van der Waals surface area (Å²) in [6.07, 6.45) is 6.36. The predicted molar refractivity (Wildman–Crippen MR) is 116 cm³/mol. The van der Waals surface area contributed by atoms with Crippen molar-refractivity contribution in [1.29, 1.82) is 0 Å². The number of carbonyl (C=O) groups is 1. The summed E-state index contributed by atoms with van der Waals surface area (Å²) in [6, 6.07) is 6.27. The van der Waals surface area contributed by atoms with Gasteiger partial charge in [-0.3, -0.25) is 4.79 Å². The van der Waals surface area contributed by atoms with Gasteiger partial charge in [-0.15, -0.1) is 0 Å². The smallest absolute Gasteiger partial charge is 0.251 e. The molecule has 0 saturated heterocycles. The van der Waals surface area contributed by atoms with Crippen LogP contribution in [0.5, 0.6) is 0 Å². The molecule has 1 amide bonds. The lowest BCUT2D eigenvalue weighted by Gasteiger charge is -2.29. The zero-order chi connectivity index (χ0) is 20.9. The average Bonchev–Trinajstić information content (AvgIpc) is 2.59. The van der Waals surface area contributed by atoms with Crippen molar-refractivity contribution in [2.24, 2.45) is 11.8 Å². The summed E-state index contributed by atoms with van der Waals surface area (Å²) in [5.74, 6) is 1.33. The van der Waals surface area contributed by atoms with Crippen LogP contribution in [0.15, 0.2) is 18.2 Å². The highest BCUT2D eigenvalue weighted by Gasteiger charge is 2.27. The van der Waals surface area contributed by atoms with Crippen LogP contribution in [0.1, 0.15) is 81.3 Å². The van der Waals surface area contributed by atoms with Gasteiger partial charge in [-0.05, 0) is 89.8 Å². The van der Waals surface area contributed by atoms with E-state index in [4.69, 9.17) is 0 Å². The molecule has 0 bridgehead atoms. The first-order valence-corrected chi connectivity index (χ1v) is 12.4. The second-order valence-corrected chi connectivity index (χ2v) is 11.7. The molecule has 158 valence electrons. The summed E-state index contributed by atoms with van der Waals surface area (Å²) in [4.78, 5) is 12.3. The molecule has 4 nitrogen and oxygen atoms in total. The quantitative estimate of drug-likeness (QED) is 0.679. The number of hydrogen-bond donors (Lipinski definition) is 1. The van der Waals surface area contributed by atoms with Gasteiger partial charge in [0, 0.05) is 11.6 Å². The molecule has 1 N–H and O–H groups in total. The van der Waals surface area contributed by atoms with E-state index in [-0.39, 0.29) is 17.2 Å². The van der Waals surface area contributed by atoms with Gasteiger partial charge in [-0.25, -0.2) is 8.42 Å². The van der Waals surface area contributed by atoms with E-state index >= 15 is 0 Å². The topological polar surface area (TPSA) is 63.2 Å². The molecule has 0 heterocycles. The van der Waals surface area contributed by atoms with Crippen LogP contribution in [0.3, 0.4) is 0 Å². The Labute approximate surface area is 171 Å². The van der Waals surface area contributed by atoms with Crippen LogP contribution in [0, 0.1) is 18.8 Å². The van der Waals surface area contributed by atoms with E-state index in [1.54, 1.807) is 13.8 Å². The van der Waals surface area contributed by atoms with Crippen LogP contribution >= 0.6 is 0 Å². The molecular formula is C23H37NO3S. The van der Waals surface area contributed by atoms with Gasteiger partial charge in [0.2, 0.25) is 0 Å². The number of amides is 1. The Bertz CT molecular complexity index is 760. The van der Waals surface area contributed by atoms with Crippen molar-refractivity contribution in [1.82, 2.24) is 5.32 Å². The maximum absolute atomic E-state index is 12.3. The fourth-order valence-corrected chi connectivity index (χ4v) is 5.44. The number of carbonyl (C=O) groups excluding carboxylic acids is 1. The van der Waals surface area contributed by atoms with E-state index in [0.717, 1.165) is 49.7 Å². The van der Waals surface area contributed by atoms with E-state index in [2.05, 4.69) is 11.4 Å². The molecule has 0 atom stereocenters. The molecule has 28 heavy (non-hydrogen) atoms. The monoisotopic (exact) mass is 407 g/mol. The normalized spacial score (nSPS) is 20.5. The van der Waals surface area contributed by atoms with Crippen LogP contribution in [0.4, 0.5) is 0 Å². The standard InChI is InChI=1S/C23H37NO3S/c1-16(2)24-23(25)22-13-18(5)12-21(14-22)11-8-19-6-9-20(10-7-19)15-28(26,27)17(3)4/h12-14,16-17,19-20H,6-11,15H2,1-5H3,(H,24,25). The highest BCUT2D eigenvalue weighted by Crippen LogP contribution is 2.33. The van der Waals surface area contributed by atoms with Gasteiger partial charge in [0.25, 0.3) is 5.91 Å². The van der Waals surface area contributed by atoms with Crippen molar-refractivity contribution < 1.29 is 13.2 Å². The molecule has 0 unspecified atom stereocenters. The zero-order valence-corrected chi connectivity index (χ0v) is 18.9. The van der Waals surface area contributed by atoms with E-state index in [1.807, 2.05) is 32.9 Å². The Kier molecular flexibility index (Phi) is 8.11. The fraction of sp³-hybridized carbons (Fsp3) is 0.696. The second-order valence-electron chi connectivity index (χ2n) is 9.14. The van der Waals surface area contributed by atoms with Crippen LogP contribution in [-0.4, -0.2) is 31.4 Å². The molecule has 1 aromatic carbocycles. The molecule has 0 spiro atoms. The van der Waals surface area contributed by atoms with E-state index in [1.165, 1.54) is 5.56 Å². The number of benzene rings is 1. The van der Waals surface area contributed by atoms with E-state index in [0.29, 0.717) is 17.6 Å². The maximum Gasteiger partial charge on any atom is 0.251 e. The lowest BCUT2D eigenvalue weighted by Crippen LogP contribution is -2.30. The maximum atomic E-state index is 12.3. The molecule has 5 heteroatoms. The van der Waals surface area contributed by atoms with Crippen LogP contribution in [0.2, 0.25) is 0 Å². The van der Waals surface area contributed by atoms with Gasteiger partial charge in [0.15, 0.2) is 9.84 Å². The van der Waals surface area contributed by atoms with Crippen LogP contribution < -0.4 is 5.32 Å². The Hall–Kier alpha value is -1.36. The number of nitrogens with one attached hydrogen (secondary N) is 1. The Balaban J connectivity index is 1.87. The van der Waals surface area contributed by atoms with Gasteiger partial charge in [0.1, 0.15) is 0 Å². The molecule has 1 fully saturated rings. The molecule has 0 aliphatic heterocycles. The molecule has 0 radical (unpaired) electrons. The summed E-state index contributed by atoms with van der Waals surface area (Å²) in [7, 11) is -2.93.